The molecule has 1 unspecified atom stereocenters. The Hall–Kier alpha value is -1.16. The highest BCUT2D eigenvalue weighted by Crippen LogP contribution is 2.35. The second kappa shape index (κ2) is 4.84. The van der Waals surface area contributed by atoms with Crippen molar-refractivity contribution in [3.05, 3.63) is 57.1 Å². The maximum atomic E-state index is 3.43. The van der Waals surface area contributed by atoms with Gasteiger partial charge >= 0.3 is 0 Å². The molecule has 0 saturated carbocycles. The lowest BCUT2D eigenvalue weighted by atomic mass is 10.2. The van der Waals surface area contributed by atoms with Crippen molar-refractivity contribution in [1.82, 2.24) is 5.32 Å². The van der Waals surface area contributed by atoms with Gasteiger partial charge in [-0.3, -0.25) is 0 Å². The molecule has 1 N–H and O–H groups in total. The fourth-order valence-electron chi connectivity index (χ4n) is 2.18. The summed E-state index contributed by atoms with van der Waals surface area (Å²) in [5.74, 6) is 0. The SMILES string of the molecule is CNC(c1ccc(C)s1)c1cc2ccccc2s1. The van der Waals surface area contributed by atoms with Gasteiger partial charge < -0.3 is 5.32 Å². The number of hydrogen-bond donors (Lipinski definition) is 1. The van der Waals surface area contributed by atoms with Crippen LogP contribution in [-0.2, 0) is 0 Å². The molecule has 0 aliphatic carbocycles. The van der Waals surface area contributed by atoms with Crippen LogP contribution in [0, 0.1) is 6.92 Å². The van der Waals surface area contributed by atoms with Crippen LogP contribution in [0.4, 0.5) is 0 Å². The first kappa shape index (κ1) is 11.9. The van der Waals surface area contributed by atoms with Gasteiger partial charge in [0.15, 0.2) is 0 Å². The first-order valence-corrected chi connectivity index (χ1v) is 7.63. The molecular formula is C15H15NS2. The summed E-state index contributed by atoms with van der Waals surface area (Å²) < 4.78 is 1.36. The van der Waals surface area contributed by atoms with Crippen molar-refractivity contribution in [2.45, 2.75) is 13.0 Å². The number of nitrogens with one attached hydrogen (secondary N) is 1. The van der Waals surface area contributed by atoms with E-state index in [2.05, 4.69) is 54.7 Å². The van der Waals surface area contributed by atoms with E-state index in [9.17, 15) is 0 Å². The van der Waals surface area contributed by atoms with Crippen LogP contribution < -0.4 is 5.32 Å². The van der Waals surface area contributed by atoms with Gasteiger partial charge in [0.1, 0.15) is 0 Å². The van der Waals surface area contributed by atoms with Crippen LogP contribution in [0.5, 0.6) is 0 Å². The second-order valence-electron chi connectivity index (χ2n) is 4.36. The van der Waals surface area contributed by atoms with Gasteiger partial charge in [0.25, 0.3) is 0 Å². The van der Waals surface area contributed by atoms with Gasteiger partial charge in [-0.1, -0.05) is 18.2 Å². The number of hydrogen-bond acceptors (Lipinski definition) is 3. The summed E-state index contributed by atoms with van der Waals surface area (Å²) >= 11 is 3.75. The minimum atomic E-state index is 0.320. The largest absolute Gasteiger partial charge is 0.308 e. The molecule has 3 heteroatoms. The van der Waals surface area contributed by atoms with Crippen molar-refractivity contribution < 1.29 is 0 Å². The van der Waals surface area contributed by atoms with E-state index in [1.165, 1.54) is 24.7 Å². The second-order valence-corrected chi connectivity index (χ2v) is 6.79. The molecule has 0 radical (unpaired) electrons. The molecular weight excluding hydrogens is 258 g/mol. The minimum absolute atomic E-state index is 0.320. The molecule has 2 heterocycles. The van der Waals surface area contributed by atoms with Crippen LogP contribution in [0.3, 0.4) is 0 Å². The van der Waals surface area contributed by atoms with Crippen molar-refractivity contribution in [2.24, 2.45) is 0 Å². The quantitative estimate of drug-likeness (QED) is 0.736. The normalized spacial score (nSPS) is 13.0. The predicted octanol–water partition coefficient (Wildman–Crippen LogP) is 4.58. The molecule has 0 fully saturated rings. The molecule has 0 aliphatic heterocycles. The number of thiophene rings is 2. The maximum absolute atomic E-state index is 3.43. The van der Waals surface area contributed by atoms with Crippen molar-refractivity contribution in [3.63, 3.8) is 0 Å². The van der Waals surface area contributed by atoms with E-state index >= 15 is 0 Å². The van der Waals surface area contributed by atoms with Crippen molar-refractivity contribution in [2.75, 3.05) is 7.05 Å². The van der Waals surface area contributed by atoms with Crippen LogP contribution in [0.1, 0.15) is 20.7 Å². The highest BCUT2D eigenvalue weighted by molar-refractivity contribution is 7.19. The summed E-state index contributed by atoms with van der Waals surface area (Å²) in [7, 11) is 2.03. The summed E-state index contributed by atoms with van der Waals surface area (Å²) in [6, 6.07) is 15.6. The monoisotopic (exact) mass is 273 g/mol. The average Bonchev–Trinajstić information content (AvgIpc) is 2.96. The topological polar surface area (TPSA) is 12.0 Å². The van der Waals surface area contributed by atoms with Crippen molar-refractivity contribution in [1.29, 1.82) is 0 Å². The Labute approximate surface area is 115 Å². The van der Waals surface area contributed by atoms with Gasteiger partial charge in [-0.15, -0.1) is 22.7 Å². The molecule has 92 valence electrons. The molecule has 3 aromatic rings. The van der Waals surface area contributed by atoms with E-state index in [4.69, 9.17) is 0 Å². The van der Waals surface area contributed by atoms with E-state index in [1.54, 1.807) is 0 Å². The van der Waals surface area contributed by atoms with Gasteiger partial charge in [0.2, 0.25) is 0 Å². The number of benzene rings is 1. The lowest BCUT2D eigenvalue weighted by molar-refractivity contribution is 0.717. The number of rotatable bonds is 3. The highest BCUT2D eigenvalue weighted by Gasteiger charge is 2.16. The zero-order chi connectivity index (χ0) is 12.5. The van der Waals surface area contributed by atoms with E-state index < -0.39 is 0 Å². The molecule has 3 rings (SSSR count). The number of fused-ring (bicyclic) bond motifs is 1. The van der Waals surface area contributed by atoms with Gasteiger partial charge in [-0.2, -0.15) is 0 Å². The maximum Gasteiger partial charge on any atom is 0.0763 e. The summed E-state index contributed by atoms with van der Waals surface area (Å²) in [6.07, 6.45) is 0. The summed E-state index contributed by atoms with van der Waals surface area (Å²) in [4.78, 5) is 4.15. The molecule has 2 aromatic heterocycles. The minimum Gasteiger partial charge on any atom is -0.308 e. The fraction of sp³-hybridized carbons (Fsp3) is 0.200. The van der Waals surface area contributed by atoms with Crippen molar-refractivity contribution in [3.8, 4) is 0 Å². The Balaban J connectivity index is 2.05. The summed E-state index contributed by atoms with van der Waals surface area (Å²) in [5.41, 5.74) is 0. The van der Waals surface area contributed by atoms with Crippen LogP contribution in [0.2, 0.25) is 0 Å². The molecule has 1 atom stereocenters. The Morgan fingerprint density at radius 1 is 1.00 bits per heavy atom. The summed E-state index contributed by atoms with van der Waals surface area (Å²) in [5, 5.41) is 4.77. The Morgan fingerprint density at radius 3 is 2.50 bits per heavy atom. The molecule has 0 bridgehead atoms. The van der Waals surface area contributed by atoms with Crippen LogP contribution >= 0.6 is 22.7 Å². The standard InChI is InChI=1S/C15H15NS2/c1-10-7-8-13(17-10)15(16-2)14-9-11-5-3-4-6-12(11)18-14/h3-9,15-16H,1-2H3. The molecule has 0 aliphatic rings. The average molecular weight is 273 g/mol. The molecule has 18 heavy (non-hydrogen) atoms. The molecule has 1 nitrogen and oxygen atoms in total. The van der Waals surface area contributed by atoms with Crippen LogP contribution in [0.25, 0.3) is 10.1 Å². The van der Waals surface area contributed by atoms with E-state index in [1.807, 2.05) is 29.7 Å². The summed E-state index contributed by atoms with van der Waals surface area (Å²) in [6.45, 7) is 2.16. The Kier molecular flexibility index (Phi) is 3.20. The third-order valence-corrected chi connectivity index (χ3v) is 5.31. The van der Waals surface area contributed by atoms with E-state index in [-0.39, 0.29) is 0 Å². The Bertz CT molecular complexity index is 633. The van der Waals surface area contributed by atoms with Crippen LogP contribution in [0.15, 0.2) is 42.5 Å². The first-order chi connectivity index (χ1) is 8.78. The zero-order valence-corrected chi connectivity index (χ0v) is 12.1. The predicted molar refractivity (Wildman–Crippen MR) is 81.8 cm³/mol. The highest BCUT2D eigenvalue weighted by atomic mass is 32.1. The first-order valence-electron chi connectivity index (χ1n) is 6.00. The Morgan fingerprint density at radius 2 is 1.83 bits per heavy atom. The zero-order valence-electron chi connectivity index (χ0n) is 10.4. The van der Waals surface area contributed by atoms with E-state index in [0.29, 0.717) is 6.04 Å². The fourth-order valence-corrected chi connectivity index (χ4v) is 4.45. The molecule has 0 saturated heterocycles. The molecule has 1 aromatic carbocycles. The van der Waals surface area contributed by atoms with Gasteiger partial charge in [0, 0.05) is 19.3 Å². The molecule has 0 spiro atoms. The van der Waals surface area contributed by atoms with Gasteiger partial charge in [0.05, 0.1) is 6.04 Å². The van der Waals surface area contributed by atoms with E-state index in [0.717, 1.165) is 0 Å². The third kappa shape index (κ3) is 2.09. The van der Waals surface area contributed by atoms with Crippen molar-refractivity contribution >= 4 is 32.8 Å². The number of aryl methyl sites for hydroxylation is 1. The lowest BCUT2D eigenvalue weighted by Crippen LogP contribution is -2.14. The smallest absolute Gasteiger partial charge is 0.0763 e. The lowest BCUT2D eigenvalue weighted by Gasteiger charge is -2.11. The molecule has 0 amide bonds. The van der Waals surface area contributed by atoms with Gasteiger partial charge in [-0.05, 0) is 43.6 Å². The third-order valence-electron chi connectivity index (χ3n) is 3.06. The van der Waals surface area contributed by atoms with Gasteiger partial charge in [-0.25, -0.2) is 0 Å². The van der Waals surface area contributed by atoms with Crippen LogP contribution in [-0.4, -0.2) is 7.05 Å².